The van der Waals surface area contributed by atoms with Crippen molar-refractivity contribution >= 4 is 0 Å². The Morgan fingerprint density at radius 3 is 2.78 bits per heavy atom. The minimum atomic E-state index is 0.300. The van der Waals surface area contributed by atoms with Crippen LogP contribution in [0.1, 0.15) is 70.5 Å². The molecule has 4 heteroatoms. The number of hydrogen-bond donors (Lipinski definition) is 1. The summed E-state index contributed by atoms with van der Waals surface area (Å²) in [6.07, 6.45) is 6.39. The van der Waals surface area contributed by atoms with Crippen LogP contribution in [0.15, 0.2) is 4.52 Å². The van der Waals surface area contributed by atoms with Crippen molar-refractivity contribution in [2.24, 2.45) is 11.1 Å². The molecule has 1 aromatic heterocycles. The topological polar surface area (TPSA) is 64.9 Å². The molecule has 18 heavy (non-hydrogen) atoms. The molecule has 2 atom stereocenters. The Balaban J connectivity index is 1.93. The molecule has 0 saturated heterocycles. The first-order valence-corrected chi connectivity index (χ1v) is 7.02. The van der Waals surface area contributed by atoms with Crippen LogP contribution in [0, 0.1) is 5.41 Å². The molecule has 0 spiro atoms. The molecule has 1 aromatic rings. The van der Waals surface area contributed by atoms with Gasteiger partial charge in [-0.05, 0) is 31.1 Å². The van der Waals surface area contributed by atoms with Gasteiger partial charge in [0.2, 0.25) is 5.89 Å². The van der Waals surface area contributed by atoms with Crippen LogP contribution in [0.3, 0.4) is 0 Å². The number of aromatic nitrogens is 2. The van der Waals surface area contributed by atoms with Gasteiger partial charge in [-0.2, -0.15) is 4.98 Å². The zero-order valence-corrected chi connectivity index (χ0v) is 11.8. The Labute approximate surface area is 109 Å². The summed E-state index contributed by atoms with van der Waals surface area (Å²) in [6.45, 7) is 6.69. The van der Waals surface area contributed by atoms with E-state index in [1.54, 1.807) is 0 Å². The highest BCUT2D eigenvalue weighted by molar-refractivity contribution is 4.98. The molecule has 0 aliphatic heterocycles. The van der Waals surface area contributed by atoms with Gasteiger partial charge in [0.25, 0.3) is 0 Å². The number of rotatable bonds is 3. The first-order chi connectivity index (χ1) is 8.44. The van der Waals surface area contributed by atoms with E-state index in [-0.39, 0.29) is 0 Å². The fourth-order valence-corrected chi connectivity index (χ4v) is 2.47. The van der Waals surface area contributed by atoms with Gasteiger partial charge in [-0.15, -0.1) is 0 Å². The van der Waals surface area contributed by atoms with Crippen LogP contribution < -0.4 is 5.73 Å². The largest absolute Gasteiger partial charge is 0.339 e. The van der Waals surface area contributed by atoms with Crippen molar-refractivity contribution in [3.63, 3.8) is 0 Å². The average molecular weight is 251 g/mol. The van der Waals surface area contributed by atoms with Gasteiger partial charge >= 0.3 is 0 Å². The van der Waals surface area contributed by atoms with Gasteiger partial charge < -0.3 is 10.3 Å². The lowest BCUT2D eigenvalue weighted by Crippen LogP contribution is -2.26. The lowest BCUT2D eigenvalue weighted by Gasteiger charge is -2.23. The molecule has 4 nitrogen and oxygen atoms in total. The van der Waals surface area contributed by atoms with E-state index in [0.29, 0.717) is 17.4 Å². The van der Waals surface area contributed by atoms with Crippen LogP contribution in [-0.4, -0.2) is 16.2 Å². The van der Waals surface area contributed by atoms with Gasteiger partial charge in [0.05, 0.1) is 0 Å². The normalized spacial score (nSPS) is 25.3. The second-order valence-corrected chi connectivity index (χ2v) is 6.73. The van der Waals surface area contributed by atoms with Crippen LogP contribution in [0.4, 0.5) is 0 Å². The van der Waals surface area contributed by atoms with E-state index in [4.69, 9.17) is 10.3 Å². The SMILES string of the molecule is CC(C)(C)CCc1noc(C2CCCC(N)C2)n1. The van der Waals surface area contributed by atoms with E-state index in [1.165, 1.54) is 6.42 Å². The first kappa shape index (κ1) is 13.5. The Kier molecular flexibility index (Phi) is 4.05. The molecule has 0 bridgehead atoms. The Bertz CT molecular complexity index is 381. The van der Waals surface area contributed by atoms with Crippen LogP contribution in [0.25, 0.3) is 0 Å². The lowest BCUT2D eigenvalue weighted by atomic mass is 9.86. The van der Waals surface area contributed by atoms with E-state index in [2.05, 4.69) is 30.9 Å². The minimum absolute atomic E-state index is 0.300. The van der Waals surface area contributed by atoms with Gasteiger partial charge in [0.1, 0.15) is 0 Å². The van der Waals surface area contributed by atoms with Crippen molar-refractivity contribution in [3.05, 3.63) is 11.7 Å². The van der Waals surface area contributed by atoms with E-state index in [1.807, 2.05) is 0 Å². The molecule has 102 valence electrons. The van der Waals surface area contributed by atoms with E-state index in [0.717, 1.165) is 43.8 Å². The summed E-state index contributed by atoms with van der Waals surface area (Å²) in [5.74, 6) is 2.03. The van der Waals surface area contributed by atoms with Gasteiger partial charge in [-0.3, -0.25) is 0 Å². The van der Waals surface area contributed by atoms with Crippen molar-refractivity contribution in [3.8, 4) is 0 Å². The zero-order valence-electron chi connectivity index (χ0n) is 11.8. The number of nitrogens with two attached hydrogens (primary N) is 1. The monoisotopic (exact) mass is 251 g/mol. The predicted octanol–water partition coefficient (Wildman–Crippen LogP) is 3.03. The van der Waals surface area contributed by atoms with Crippen molar-refractivity contribution in [1.82, 2.24) is 10.1 Å². The molecule has 1 fully saturated rings. The summed E-state index contributed by atoms with van der Waals surface area (Å²) in [5.41, 5.74) is 6.31. The van der Waals surface area contributed by atoms with Crippen molar-refractivity contribution in [2.75, 3.05) is 0 Å². The molecule has 2 rings (SSSR count). The summed E-state index contributed by atoms with van der Waals surface area (Å²) < 4.78 is 5.40. The minimum Gasteiger partial charge on any atom is -0.339 e. The smallest absolute Gasteiger partial charge is 0.229 e. The number of aryl methyl sites for hydroxylation is 1. The number of hydrogen-bond acceptors (Lipinski definition) is 4. The summed E-state index contributed by atoms with van der Waals surface area (Å²) in [6, 6.07) is 0.300. The highest BCUT2D eigenvalue weighted by Gasteiger charge is 2.25. The highest BCUT2D eigenvalue weighted by atomic mass is 16.5. The molecule has 0 amide bonds. The van der Waals surface area contributed by atoms with E-state index < -0.39 is 0 Å². The lowest BCUT2D eigenvalue weighted by molar-refractivity contribution is 0.296. The van der Waals surface area contributed by atoms with Crippen molar-refractivity contribution in [1.29, 1.82) is 0 Å². The predicted molar refractivity (Wildman–Crippen MR) is 71.3 cm³/mol. The molecule has 0 aromatic carbocycles. The maximum absolute atomic E-state index is 6.00. The second kappa shape index (κ2) is 5.39. The van der Waals surface area contributed by atoms with Gasteiger partial charge in [0.15, 0.2) is 5.82 Å². The van der Waals surface area contributed by atoms with Crippen molar-refractivity contribution in [2.45, 2.75) is 71.3 Å². The van der Waals surface area contributed by atoms with E-state index in [9.17, 15) is 0 Å². The highest BCUT2D eigenvalue weighted by Crippen LogP contribution is 2.31. The maximum Gasteiger partial charge on any atom is 0.229 e. The third-order valence-electron chi connectivity index (χ3n) is 3.65. The molecular formula is C14H25N3O. The standard InChI is InChI=1S/C14H25N3O/c1-14(2,3)8-7-12-16-13(18-17-12)10-5-4-6-11(15)9-10/h10-11H,4-9,15H2,1-3H3. The average Bonchev–Trinajstić information content (AvgIpc) is 2.74. The fraction of sp³-hybridized carbons (Fsp3) is 0.857. The summed E-state index contributed by atoms with van der Waals surface area (Å²) >= 11 is 0. The van der Waals surface area contributed by atoms with Crippen LogP contribution in [0.5, 0.6) is 0 Å². The van der Waals surface area contributed by atoms with Crippen LogP contribution >= 0.6 is 0 Å². The second-order valence-electron chi connectivity index (χ2n) is 6.73. The fourth-order valence-electron chi connectivity index (χ4n) is 2.47. The number of nitrogens with zero attached hydrogens (tertiary/aromatic N) is 2. The third kappa shape index (κ3) is 3.80. The maximum atomic E-state index is 6.00. The molecule has 1 aliphatic rings. The Hall–Kier alpha value is -0.900. The van der Waals surface area contributed by atoms with Crippen molar-refractivity contribution < 1.29 is 4.52 Å². The van der Waals surface area contributed by atoms with E-state index >= 15 is 0 Å². The molecule has 1 saturated carbocycles. The first-order valence-electron chi connectivity index (χ1n) is 7.02. The van der Waals surface area contributed by atoms with Crippen LogP contribution in [-0.2, 0) is 6.42 Å². The summed E-state index contributed by atoms with van der Waals surface area (Å²) in [4.78, 5) is 4.54. The zero-order chi connectivity index (χ0) is 13.2. The Morgan fingerprint density at radius 2 is 2.11 bits per heavy atom. The molecular weight excluding hydrogens is 226 g/mol. The Morgan fingerprint density at radius 1 is 1.33 bits per heavy atom. The van der Waals surface area contributed by atoms with Gasteiger partial charge in [0, 0.05) is 18.4 Å². The van der Waals surface area contributed by atoms with Gasteiger partial charge in [-0.1, -0.05) is 32.3 Å². The summed E-state index contributed by atoms with van der Waals surface area (Å²) in [5, 5.41) is 4.09. The third-order valence-corrected chi connectivity index (χ3v) is 3.65. The quantitative estimate of drug-likeness (QED) is 0.896. The molecule has 2 unspecified atom stereocenters. The van der Waals surface area contributed by atoms with Gasteiger partial charge in [-0.25, -0.2) is 0 Å². The molecule has 0 radical (unpaired) electrons. The molecule has 1 heterocycles. The summed E-state index contributed by atoms with van der Waals surface area (Å²) in [7, 11) is 0. The van der Waals surface area contributed by atoms with Crippen LogP contribution in [0.2, 0.25) is 0 Å². The molecule has 1 aliphatic carbocycles. The molecule has 2 N–H and O–H groups in total.